The van der Waals surface area contributed by atoms with Crippen molar-refractivity contribution in [3.05, 3.63) is 71.7 Å². The number of amides is 2. The molecular formula is C23H24N4O3. The van der Waals surface area contributed by atoms with Gasteiger partial charge in [-0.15, -0.1) is 0 Å². The van der Waals surface area contributed by atoms with E-state index < -0.39 is 0 Å². The van der Waals surface area contributed by atoms with Gasteiger partial charge < -0.3 is 14.5 Å². The highest BCUT2D eigenvalue weighted by Crippen LogP contribution is 2.27. The summed E-state index contributed by atoms with van der Waals surface area (Å²) in [5, 5.41) is 0.804. The number of rotatable bonds is 4. The molecule has 1 aromatic carbocycles. The van der Waals surface area contributed by atoms with Gasteiger partial charge in [-0.25, -0.2) is 4.98 Å². The van der Waals surface area contributed by atoms with E-state index in [1.54, 1.807) is 36.2 Å². The summed E-state index contributed by atoms with van der Waals surface area (Å²) in [5.74, 6) is -0.0823. The van der Waals surface area contributed by atoms with Crippen LogP contribution < -0.4 is 0 Å². The molecule has 0 bridgehead atoms. The molecule has 0 aliphatic carbocycles. The average molecular weight is 404 g/mol. The fraction of sp³-hybridized carbons (Fsp3) is 0.304. The van der Waals surface area contributed by atoms with Crippen LogP contribution in [0.2, 0.25) is 0 Å². The van der Waals surface area contributed by atoms with Crippen LogP contribution in [-0.2, 0) is 16.0 Å². The van der Waals surface area contributed by atoms with Crippen LogP contribution in [0.4, 0.5) is 0 Å². The van der Waals surface area contributed by atoms with Crippen LogP contribution in [0.3, 0.4) is 0 Å². The smallest absolute Gasteiger partial charge is 0.254 e. The first-order valence-corrected chi connectivity index (χ1v) is 9.93. The minimum Gasteiger partial charge on any atom is -0.368 e. The quantitative estimate of drug-likeness (QED) is 0.668. The minimum absolute atomic E-state index is 0.00683. The fourth-order valence-electron chi connectivity index (χ4n) is 3.60. The zero-order valence-electron chi connectivity index (χ0n) is 17.1. The van der Waals surface area contributed by atoms with Gasteiger partial charge in [0.15, 0.2) is 0 Å². The van der Waals surface area contributed by atoms with E-state index in [1.807, 2.05) is 42.5 Å². The Morgan fingerprint density at radius 1 is 1.17 bits per heavy atom. The number of nitrogens with zero attached hydrogens (tertiary/aromatic N) is 4. The number of carbonyl (C=O) groups is 2. The SMILES string of the molecule is CN(C)C(=O)c1cc([C@H]2CN(C(=O)Cc3ccccn3)CCO2)nc2ccccc12. The first kappa shape index (κ1) is 20.0. The van der Waals surface area contributed by atoms with Crippen molar-refractivity contribution in [2.24, 2.45) is 0 Å². The molecule has 30 heavy (non-hydrogen) atoms. The van der Waals surface area contributed by atoms with Gasteiger partial charge in [0, 0.05) is 37.9 Å². The normalized spacial score (nSPS) is 16.5. The van der Waals surface area contributed by atoms with Crippen molar-refractivity contribution in [1.82, 2.24) is 19.8 Å². The second kappa shape index (κ2) is 8.59. The van der Waals surface area contributed by atoms with Crippen LogP contribution in [0.25, 0.3) is 10.9 Å². The monoisotopic (exact) mass is 404 g/mol. The van der Waals surface area contributed by atoms with Gasteiger partial charge in [0.05, 0.1) is 36.3 Å². The van der Waals surface area contributed by atoms with Crippen molar-refractivity contribution in [3.63, 3.8) is 0 Å². The molecule has 1 atom stereocenters. The summed E-state index contributed by atoms with van der Waals surface area (Å²) in [5.41, 5.74) is 2.73. The summed E-state index contributed by atoms with van der Waals surface area (Å²) in [7, 11) is 3.46. The van der Waals surface area contributed by atoms with Crippen molar-refractivity contribution in [1.29, 1.82) is 0 Å². The summed E-state index contributed by atoms with van der Waals surface area (Å²) in [6, 6.07) is 14.9. The molecule has 1 aliphatic heterocycles. The number of aromatic nitrogens is 2. The number of pyridine rings is 2. The third-order valence-electron chi connectivity index (χ3n) is 5.18. The third-order valence-corrected chi connectivity index (χ3v) is 5.18. The van der Waals surface area contributed by atoms with E-state index in [-0.39, 0.29) is 24.3 Å². The maximum absolute atomic E-state index is 12.8. The lowest BCUT2D eigenvalue weighted by atomic mass is 10.0. The first-order chi connectivity index (χ1) is 14.5. The standard InChI is InChI=1S/C23H24N4O3/c1-26(2)23(29)18-14-20(25-19-9-4-3-8-17(18)19)21-15-27(11-12-30-21)22(28)13-16-7-5-6-10-24-16/h3-10,14,21H,11-13,15H2,1-2H3/t21-/m1/s1. The van der Waals surface area contributed by atoms with Gasteiger partial charge in [-0.2, -0.15) is 0 Å². The topological polar surface area (TPSA) is 75.6 Å². The van der Waals surface area contributed by atoms with Crippen LogP contribution in [0.1, 0.15) is 27.8 Å². The van der Waals surface area contributed by atoms with Gasteiger partial charge in [-0.3, -0.25) is 14.6 Å². The lowest BCUT2D eigenvalue weighted by molar-refractivity contribution is -0.138. The van der Waals surface area contributed by atoms with Crippen LogP contribution in [0.5, 0.6) is 0 Å². The summed E-state index contributed by atoms with van der Waals surface area (Å²) >= 11 is 0. The van der Waals surface area contributed by atoms with E-state index in [1.165, 1.54) is 0 Å². The molecule has 0 N–H and O–H groups in total. The van der Waals surface area contributed by atoms with Crippen molar-refractivity contribution in [2.75, 3.05) is 33.8 Å². The highest BCUT2D eigenvalue weighted by molar-refractivity contribution is 6.06. The van der Waals surface area contributed by atoms with Crippen molar-refractivity contribution < 1.29 is 14.3 Å². The molecular weight excluding hydrogens is 380 g/mol. The predicted octanol–water partition coefficient (Wildman–Crippen LogP) is 2.47. The lowest BCUT2D eigenvalue weighted by Crippen LogP contribution is -2.43. The molecule has 4 rings (SSSR count). The van der Waals surface area contributed by atoms with Crippen molar-refractivity contribution in [3.8, 4) is 0 Å². The molecule has 3 heterocycles. The summed E-state index contributed by atoms with van der Waals surface area (Å²) in [4.78, 5) is 37.8. The van der Waals surface area contributed by atoms with Gasteiger partial charge in [0.25, 0.3) is 5.91 Å². The number of carbonyl (C=O) groups excluding carboxylic acids is 2. The second-order valence-electron chi connectivity index (χ2n) is 7.51. The van der Waals surface area contributed by atoms with E-state index in [2.05, 4.69) is 4.98 Å². The number of fused-ring (bicyclic) bond motifs is 1. The van der Waals surface area contributed by atoms with Crippen LogP contribution in [-0.4, -0.2) is 65.4 Å². The third kappa shape index (κ3) is 4.16. The zero-order chi connectivity index (χ0) is 21.1. The van der Waals surface area contributed by atoms with E-state index in [0.29, 0.717) is 31.0 Å². The van der Waals surface area contributed by atoms with Gasteiger partial charge in [-0.05, 0) is 24.3 Å². The molecule has 3 aromatic rings. The molecule has 0 unspecified atom stereocenters. The molecule has 2 aromatic heterocycles. The van der Waals surface area contributed by atoms with Crippen molar-refractivity contribution >= 4 is 22.7 Å². The molecule has 7 nitrogen and oxygen atoms in total. The van der Waals surface area contributed by atoms with Gasteiger partial charge in [0.2, 0.25) is 5.91 Å². The molecule has 1 saturated heterocycles. The van der Waals surface area contributed by atoms with Gasteiger partial charge >= 0.3 is 0 Å². The Kier molecular flexibility index (Phi) is 5.72. The molecule has 154 valence electrons. The maximum Gasteiger partial charge on any atom is 0.254 e. The Morgan fingerprint density at radius 3 is 2.73 bits per heavy atom. The maximum atomic E-state index is 12.8. The Bertz CT molecular complexity index is 1070. The Hall–Kier alpha value is -3.32. The zero-order valence-corrected chi connectivity index (χ0v) is 17.1. The van der Waals surface area contributed by atoms with Gasteiger partial charge in [0.1, 0.15) is 6.10 Å². The van der Waals surface area contributed by atoms with E-state index in [9.17, 15) is 9.59 Å². The largest absolute Gasteiger partial charge is 0.368 e. The Morgan fingerprint density at radius 2 is 1.97 bits per heavy atom. The number of morpholine rings is 1. The molecule has 2 amide bonds. The number of ether oxygens (including phenoxy) is 1. The summed E-state index contributed by atoms with van der Waals surface area (Å²) in [6.45, 7) is 1.34. The molecule has 7 heteroatoms. The summed E-state index contributed by atoms with van der Waals surface area (Å²) < 4.78 is 5.94. The molecule has 0 radical (unpaired) electrons. The second-order valence-corrected chi connectivity index (χ2v) is 7.51. The molecule has 1 aliphatic rings. The number of hydrogen-bond donors (Lipinski definition) is 0. The molecule has 1 fully saturated rings. The lowest BCUT2D eigenvalue weighted by Gasteiger charge is -2.33. The fourth-order valence-corrected chi connectivity index (χ4v) is 3.60. The molecule has 0 saturated carbocycles. The van der Waals surface area contributed by atoms with E-state index in [4.69, 9.17) is 9.72 Å². The van der Waals surface area contributed by atoms with Gasteiger partial charge in [-0.1, -0.05) is 24.3 Å². The molecule has 0 spiro atoms. The highest BCUT2D eigenvalue weighted by Gasteiger charge is 2.28. The Balaban J connectivity index is 1.60. The summed E-state index contributed by atoms with van der Waals surface area (Å²) in [6.07, 6.45) is 1.56. The van der Waals surface area contributed by atoms with Crippen molar-refractivity contribution in [2.45, 2.75) is 12.5 Å². The number of benzene rings is 1. The van der Waals surface area contributed by atoms with E-state index >= 15 is 0 Å². The van der Waals surface area contributed by atoms with Crippen LogP contribution in [0, 0.1) is 0 Å². The van der Waals surface area contributed by atoms with Crippen LogP contribution >= 0.6 is 0 Å². The van der Waals surface area contributed by atoms with E-state index in [0.717, 1.165) is 16.6 Å². The average Bonchev–Trinajstić information content (AvgIpc) is 2.78. The highest BCUT2D eigenvalue weighted by atomic mass is 16.5. The minimum atomic E-state index is -0.384. The predicted molar refractivity (Wildman–Crippen MR) is 113 cm³/mol. The van der Waals surface area contributed by atoms with Crippen LogP contribution in [0.15, 0.2) is 54.7 Å². The Labute approximate surface area is 175 Å². The number of hydrogen-bond acceptors (Lipinski definition) is 5. The number of para-hydroxylation sites is 1. The first-order valence-electron chi connectivity index (χ1n) is 9.93.